The SMILES string of the molecule is C[C@H]1CCCC[C@H]1NC(=O)COc1cccc2ccccc12. The number of ether oxygens (including phenoxy) is 1. The van der Waals surface area contributed by atoms with Gasteiger partial charge in [-0.1, -0.05) is 56.2 Å². The summed E-state index contributed by atoms with van der Waals surface area (Å²) in [5.74, 6) is 1.31. The molecule has 1 fully saturated rings. The van der Waals surface area contributed by atoms with E-state index in [1.807, 2.05) is 42.5 Å². The topological polar surface area (TPSA) is 38.3 Å². The van der Waals surface area contributed by atoms with Crippen molar-refractivity contribution in [2.45, 2.75) is 38.6 Å². The molecule has 3 nitrogen and oxygen atoms in total. The number of benzene rings is 2. The Morgan fingerprint density at radius 3 is 2.77 bits per heavy atom. The molecule has 2 atom stereocenters. The molecule has 2 aromatic carbocycles. The van der Waals surface area contributed by atoms with Crippen molar-refractivity contribution in [3.8, 4) is 5.75 Å². The summed E-state index contributed by atoms with van der Waals surface area (Å²) in [6.07, 6.45) is 4.77. The molecule has 1 saturated carbocycles. The van der Waals surface area contributed by atoms with Crippen LogP contribution in [0.1, 0.15) is 32.6 Å². The van der Waals surface area contributed by atoms with Gasteiger partial charge in [-0.25, -0.2) is 0 Å². The summed E-state index contributed by atoms with van der Waals surface area (Å²) >= 11 is 0. The molecule has 0 spiro atoms. The van der Waals surface area contributed by atoms with E-state index in [9.17, 15) is 4.79 Å². The van der Waals surface area contributed by atoms with Crippen LogP contribution in [-0.4, -0.2) is 18.6 Å². The van der Waals surface area contributed by atoms with Gasteiger partial charge in [-0.3, -0.25) is 4.79 Å². The Balaban J connectivity index is 1.60. The van der Waals surface area contributed by atoms with Crippen LogP contribution >= 0.6 is 0 Å². The zero-order valence-corrected chi connectivity index (χ0v) is 13.0. The maximum Gasteiger partial charge on any atom is 0.258 e. The third-order valence-electron chi connectivity index (χ3n) is 4.57. The highest BCUT2D eigenvalue weighted by Gasteiger charge is 2.22. The number of carbonyl (C=O) groups excluding carboxylic acids is 1. The standard InChI is InChI=1S/C19H23NO2/c1-14-7-2-5-11-17(14)20-19(21)13-22-18-12-6-9-15-8-3-4-10-16(15)18/h3-4,6,8-10,12,14,17H,2,5,7,11,13H2,1H3,(H,20,21)/t14-,17+/m0/s1. The summed E-state index contributed by atoms with van der Waals surface area (Å²) < 4.78 is 5.75. The molecule has 3 rings (SSSR count). The highest BCUT2D eigenvalue weighted by Crippen LogP contribution is 2.25. The van der Waals surface area contributed by atoms with E-state index in [2.05, 4.69) is 12.2 Å². The van der Waals surface area contributed by atoms with Gasteiger partial charge in [0.15, 0.2) is 6.61 Å². The van der Waals surface area contributed by atoms with Crippen molar-refractivity contribution < 1.29 is 9.53 Å². The van der Waals surface area contributed by atoms with Crippen LogP contribution in [0, 0.1) is 5.92 Å². The van der Waals surface area contributed by atoms with Gasteiger partial charge in [0.05, 0.1) is 0 Å². The molecule has 116 valence electrons. The number of nitrogens with one attached hydrogen (secondary N) is 1. The maximum atomic E-state index is 12.1. The first-order chi connectivity index (χ1) is 10.7. The highest BCUT2D eigenvalue weighted by molar-refractivity contribution is 5.88. The van der Waals surface area contributed by atoms with E-state index in [-0.39, 0.29) is 12.5 Å². The average molecular weight is 297 g/mol. The smallest absolute Gasteiger partial charge is 0.258 e. The predicted molar refractivity (Wildman–Crippen MR) is 89.0 cm³/mol. The summed E-state index contributed by atoms with van der Waals surface area (Å²) in [7, 11) is 0. The third-order valence-corrected chi connectivity index (χ3v) is 4.57. The Morgan fingerprint density at radius 2 is 1.91 bits per heavy atom. The third kappa shape index (κ3) is 3.41. The Bertz CT molecular complexity index is 647. The lowest BCUT2D eigenvalue weighted by atomic mass is 9.86. The molecular weight excluding hydrogens is 274 g/mol. The zero-order valence-electron chi connectivity index (χ0n) is 13.0. The van der Waals surface area contributed by atoms with Crippen LogP contribution < -0.4 is 10.1 Å². The van der Waals surface area contributed by atoms with E-state index in [0.717, 1.165) is 22.9 Å². The number of amides is 1. The lowest BCUT2D eigenvalue weighted by Crippen LogP contribution is -2.43. The van der Waals surface area contributed by atoms with E-state index in [1.165, 1.54) is 19.3 Å². The number of hydrogen-bond donors (Lipinski definition) is 1. The van der Waals surface area contributed by atoms with E-state index in [4.69, 9.17) is 4.74 Å². The molecular formula is C19H23NO2. The number of hydrogen-bond acceptors (Lipinski definition) is 2. The van der Waals surface area contributed by atoms with Crippen molar-refractivity contribution in [3.63, 3.8) is 0 Å². The summed E-state index contributed by atoms with van der Waals surface area (Å²) in [4.78, 5) is 12.1. The molecule has 0 saturated heterocycles. The van der Waals surface area contributed by atoms with Crippen molar-refractivity contribution >= 4 is 16.7 Å². The molecule has 0 bridgehead atoms. The van der Waals surface area contributed by atoms with Crippen molar-refractivity contribution in [1.29, 1.82) is 0 Å². The van der Waals surface area contributed by atoms with Gasteiger partial charge in [0, 0.05) is 11.4 Å². The highest BCUT2D eigenvalue weighted by atomic mass is 16.5. The number of rotatable bonds is 4. The Morgan fingerprint density at radius 1 is 1.14 bits per heavy atom. The van der Waals surface area contributed by atoms with Crippen molar-refractivity contribution in [2.75, 3.05) is 6.61 Å². The van der Waals surface area contributed by atoms with Gasteiger partial charge in [0.25, 0.3) is 5.91 Å². The minimum absolute atomic E-state index is 0.0216. The van der Waals surface area contributed by atoms with Gasteiger partial charge in [-0.2, -0.15) is 0 Å². The van der Waals surface area contributed by atoms with Crippen molar-refractivity contribution in [2.24, 2.45) is 5.92 Å². The molecule has 1 aliphatic rings. The first-order valence-electron chi connectivity index (χ1n) is 8.14. The van der Waals surface area contributed by atoms with Gasteiger partial charge in [0.1, 0.15) is 5.75 Å². The van der Waals surface area contributed by atoms with Crippen LogP contribution in [0.15, 0.2) is 42.5 Å². The van der Waals surface area contributed by atoms with Crippen LogP contribution in [0.4, 0.5) is 0 Å². The molecule has 2 aromatic rings. The maximum absolute atomic E-state index is 12.1. The monoisotopic (exact) mass is 297 g/mol. The normalized spacial score (nSPS) is 21.5. The van der Waals surface area contributed by atoms with Crippen molar-refractivity contribution in [3.05, 3.63) is 42.5 Å². The van der Waals surface area contributed by atoms with Gasteiger partial charge in [-0.05, 0) is 30.2 Å². The zero-order chi connectivity index (χ0) is 15.4. The Kier molecular flexibility index (Phi) is 4.62. The second-order valence-electron chi connectivity index (χ2n) is 6.20. The first kappa shape index (κ1) is 14.9. The van der Waals surface area contributed by atoms with Crippen LogP contribution in [-0.2, 0) is 4.79 Å². The molecule has 1 N–H and O–H groups in total. The van der Waals surface area contributed by atoms with E-state index < -0.39 is 0 Å². The largest absolute Gasteiger partial charge is 0.483 e. The Labute approximate surface area is 131 Å². The lowest BCUT2D eigenvalue weighted by molar-refractivity contribution is -0.124. The Hall–Kier alpha value is -2.03. The molecule has 0 aliphatic heterocycles. The molecule has 22 heavy (non-hydrogen) atoms. The molecule has 1 amide bonds. The van der Waals surface area contributed by atoms with E-state index in [0.29, 0.717) is 12.0 Å². The number of fused-ring (bicyclic) bond motifs is 1. The molecule has 0 aromatic heterocycles. The summed E-state index contributed by atoms with van der Waals surface area (Å²) in [5.41, 5.74) is 0. The first-order valence-corrected chi connectivity index (χ1v) is 8.14. The lowest BCUT2D eigenvalue weighted by Gasteiger charge is -2.29. The predicted octanol–water partition coefficient (Wildman–Crippen LogP) is 3.91. The minimum atomic E-state index is -0.0216. The van der Waals surface area contributed by atoms with E-state index >= 15 is 0 Å². The van der Waals surface area contributed by atoms with Gasteiger partial charge < -0.3 is 10.1 Å². The minimum Gasteiger partial charge on any atom is -0.483 e. The fourth-order valence-corrected chi connectivity index (χ4v) is 3.24. The van der Waals surface area contributed by atoms with Crippen LogP contribution in [0.2, 0.25) is 0 Å². The second kappa shape index (κ2) is 6.82. The fourth-order valence-electron chi connectivity index (χ4n) is 3.24. The molecule has 0 heterocycles. The summed E-state index contributed by atoms with van der Waals surface area (Å²) in [6, 6.07) is 14.3. The van der Waals surface area contributed by atoms with E-state index in [1.54, 1.807) is 0 Å². The summed E-state index contributed by atoms with van der Waals surface area (Å²) in [6.45, 7) is 2.30. The van der Waals surface area contributed by atoms with Crippen LogP contribution in [0.25, 0.3) is 10.8 Å². The average Bonchev–Trinajstić information content (AvgIpc) is 2.55. The second-order valence-corrected chi connectivity index (χ2v) is 6.20. The number of carbonyl (C=O) groups is 1. The fraction of sp³-hybridized carbons (Fsp3) is 0.421. The molecule has 0 radical (unpaired) electrons. The van der Waals surface area contributed by atoms with Gasteiger partial charge in [-0.15, -0.1) is 0 Å². The van der Waals surface area contributed by atoms with Crippen LogP contribution in [0.5, 0.6) is 5.75 Å². The van der Waals surface area contributed by atoms with Gasteiger partial charge >= 0.3 is 0 Å². The van der Waals surface area contributed by atoms with Crippen molar-refractivity contribution in [1.82, 2.24) is 5.32 Å². The van der Waals surface area contributed by atoms with Crippen LogP contribution in [0.3, 0.4) is 0 Å². The van der Waals surface area contributed by atoms with Gasteiger partial charge in [0.2, 0.25) is 0 Å². The molecule has 1 aliphatic carbocycles. The quantitative estimate of drug-likeness (QED) is 0.929. The summed E-state index contributed by atoms with van der Waals surface area (Å²) in [5, 5.41) is 5.29. The molecule has 0 unspecified atom stereocenters. The molecule has 3 heteroatoms.